The first-order valence-corrected chi connectivity index (χ1v) is 12.6. The number of fused-ring (bicyclic) bond motifs is 2. The van der Waals surface area contributed by atoms with E-state index in [1.165, 1.54) is 32.7 Å². The first-order chi connectivity index (χ1) is 17.2. The van der Waals surface area contributed by atoms with Crippen molar-refractivity contribution in [2.24, 2.45) is 0 Å². The molecular formula is C30H33N3O2. The van der Waals surface area contributed by atoms with Gasteiger partial charge in [0.15, 0.2) is 0 Å². The third kappa shape index (κ3) is 5.47. The Balaban J connectivity index is 1.46. The van der Waals surface area contributed by atoms with Gasteiger partial charge in [0.25, 0.3) is 0 Å². The minimum absolute atomic E-state index is 0.0699. The number of ether oxygens (including phenoxy) is 1. The molecule has 4 aromatic rings. The second kappa shape index (κ2) is 10.9. The molecule has 180 valence electrons. The Morgan fingerprint density at radius 1 is 0.914 bits per heavy atom. The van der Waals surface area contributed by atoms with Gasteiger partial charge in [-0.15, -0.1) is 0 Å². The number of carbonyl (C=O) groups excluding carboxylic acids is 1. The van der Waals surface area contributed by atoms with Gasteiger partial charge in [-0.2, -0.15) is 0 Å². The largest absolute Gasteiger partial charge is 0.379 e. The highest BCUT2D eigenvalue weighted by Gasteiger charge is 2.20. The fourth-order valence-electron chi connectivity index (χ4n) is 4.83. The van der Waals surface area contributed by atoms with Crippen LogP contribution in [-0.2, 0) is 17.7 Å². The van der Waals surface area contributed by atoms with Crippen LogP contribution in [0, 0.1) is 0 Å². The molecule has 0 aromatic heterocycles. The number of benzene rings is 4. The number of hydrogen-bond acceptors (Lipinski definition) is 3. The highest BCUT2D eigenvalue weighted by atomic mass is 16.5. The number of nitrogens with zero attached hydrogens (tertiary/aromatic N) is 2. The zero-order chi connectivity index (χ0) is 24.0. The molecule has 1 heterocycles. The van der Waals surface area contributed by atoms with Gasteiger partial charge in [0, 0.05) is 38.4 Å². The van der Waals surface area contributed by atoms with E-state index in [1.807, 2.05) is 17.0 Å². The molecule has 5 nitrogen and oxygen atoms in total. The van der Waals surface area contributed by atoms with E-state index in [9.17, 15) is 4.79 Å². The molecule has 2 amide bonds. The summed E-state index contributed by atoms with van der Waals surface area (Å²) in [7, 11) is 0. The maximum Gasteiger partial charge on any atom is 0.322 e. The summed E-state index contributed by atoms with van der Waals surface area (Å²) in [5.41, 5.74) is 3.28. The third-order valence-electron chi connectivity index (χ3n) is 6.92. The van der Waals surface area contributed by atoms with Crippen LogP contribution in [0.5, 0.6) is 0 Å². The molecule has 1 aliphatic heterocycles. The Kier molecular flexibility index (Phi) is 7.26. The number of hydrogen-bond donors (Lipinski definition) is 1. The Hall–Kier alpha value is -3.41. The van der Waals surface area contributed by atoms with E-state index >= 15 is 0 Å². The maximum absolute atomic E-state index is 13.6. The van der Waals surface area contributed by atoms with E-state index in [4.69, 9.17) is 4.74 Å². The van der Waals surface area contributed by atoms with Crippen molar-refractivity contribution >= 4 is 33.3 Å². The van der Waals surface area contributed by atoms with Crippen molar-refractivity contribution < 1.29 is 9.53 Å². The number of aryl methyl sites for hydroxylation is 1. The number of carbonyl (C=O) groups is 1. The molecule has 5 rings (SSSR count). The van der Waals surface area contributed by atoms with Crippen molar-refractivity contribution in [2.75, 3.05) is 44.7 Å². The van der Waals surface area contributed by atoms with Gasteiger partial charge >= 0.3 is 6.03 Å². The van der Waals surface area contributed by atoms with Gasteiger partial charge in [-0.25, -0.2) is 4.79 Å². The number of anilines is 1. The van der Waals surface area contributed by atoms with Gasteiger partial charge in [-0.1, -0.05) is 67.6 Å². The van der Waals surface area contributed by atoms with Gasteiger partial charge in [0.05, 0.1) is 13.2 Å². The third-order valence-corrected chi connectivity index (χ3v) is 6.92. The zero-order valence-corrected chi connectivity index (χ0v) is 20.4. The van der Waals surface area contributed by atoms with Crippen LogP contribution in [-0.4, -0.2) is 55.2 Å². The fourth-order valence-corrected chi connectivity index (χ4v) is 4.83. The lowest BCUT2D eigenvalue weighted by atomic mass is 9.96. The van der Waals surface area contributed by atoms with Crippen molar-refractivity contribution in [3.8, 4) is 0 Å². The number of nitrogens with one attached hydrogen (secondary N) is 1. The molecule has 0 atom stereocenters. The summed E-state index contributed by atoms with van der Waals surface area (Å²) in [5, 5.41) is 7.93. The van der Waals surface area contributed by atoms with Crippen molar-refractivity contribution in [3.05, 3.63) is 90.0 Å². The van der Waals surface area contributed by atoms with Crippen molar-refractivity contribution in [1.29, 1.82) is 0 Å². The molecule has 1 aliphatic rings. The summed E-state index contributed by atoms with van der Waals surface area (Å²) in [4.78, 5) is 17.9. The molecule has 0 spiro atoms. The molecule has 1 N–H and O–H groups in total. The second-order valence-corrected chi connectivity index (χ2v) is 9.15. The lowest BCUT2D eigenvalue weighted by Crippen LogP contribution is -2.44. The van der Waals surface area contributed by atoms with Crippen molar-refractivity contribution in [2.45, 2.75) is 19.9 Å². The van der Waals surface area contributed by atoms with Crippen LogP contribution in [0.4, 0.5) is 10.5 Å². The van der Waals surface area contributed by atoms with Crippen LogP contribution in [0.1, 0.15) is 18.1 Å². The maximum atomic E-state index is 13.6. The Morgan fingerprint density at radius 2 is 1.54 bits per heavy atom. The summed E-state index contributed by atoms with van der Waals surface area (Å²) >= 11 is 0. The topological polar surface area (TPSA) is 44.8 Å². The van der Waals surface area contributed by atoms with Crippen molar-refractivity contribution in [1.82, 2.24) is 9.80 Å². The number of morpholine rings is 1. The Bertz CT molecular complexity index is 1240. The van der Waals surface area contributed by atoms with E-state index in [0.29, 0.717) is 13.1 Å². The standard InChI is InChI=1S/C30H33N3O2/c1-2-23-11-13-26(14-12-23)31-30(34)33(16-15-32-17-19-35-20-18-32)22-29-27-9-5-3-7-24(27)21-25-8-4-6-10-28(25)29/h3-14,21H,2,15-20,22H2,1H3,(H,31,34). The number of rotatable bonds is 7. The molecule has 35 heavy (non-hydrogen) atoms. The summed E-state index contributed by atoms with van der Waals surface area (Å²) < 4.78 is 5.51. The molecule has 1 saturated heterocycles. The van der Waals surface area contributed by atoms with E-state index in [-0.39, 0.29) is 6.03 Å². The summed E-state index contributed by atoms with van der Waals surface area (Å²) in [5.74, 6) is 0. The number of amides is 2. The molecule has 5 heteroatoms. The summed E-state index contributed by atoms with van der Waals surface area (Å²) in [6.07, 6.45) is 0.980. The van der Waals surface area contributed by atoms with E-state index in [1.54, 1.807) is 0 Å². The first-order valence-electron chi connectivity index (χ1n) is 12.6. The zero-order valence-electron chi connectivity index (χ0n) is 20.4. The van der Waals surface area contributed by atoms with Gasteiger partial charge in [-0.05, 0) is 57.3 Å². The van der Waals surface area contributed by atoms with Crippen LogP contribution in [0.15, 0.2) is 78.9 Å². The molecule has 0 aliphatic carbocycles. The normalized spacial score (nSPS) is 14.3. The minimum atomic E-state index is -0.0699. The SMILES string of the molecule is CCc1ccc(NC(=O)N(CCN2CCOCC2)Cc2c3ccccc3cc3ccccc23)cc1. The van der Waals surface area contributed by atoms with E-state index in [0.717, 1.165) is 45.0 Å². The lowest BCUT2D eigenvalue weighted by molar-refractivity contribution is 0.0349. The number of urea groups is 1. The van der Waals surface area contributed by atoms with Gasteiger partial charge in [0.2, 0.25) is 0 Å². The predicted molar refractivity (Wildman–Crippen MR) is 144 cm³/mol. The summed E-state index contributed by atoms with van der Waals surface area (Å²) in [6.45, 7) is 7.48. The molecule has 0 bridgehead atoms. The summed E-state index contributed by atoms with van der Waals surface area (Å²) in [6, 6.07) is 27.2. The quantitative estimate of drug-likeness (QED) is 0.343. The van der Waals surface area contributed by atoms with Crippen molar-refractivity contribution in [3.63, 3.8) is 0 Å². The van der Waals surface area contributed by atoms with Crippen LogP contribution in [0.3, 0.4) is 0 Å². The second-order valence-electron chi connectivity index (χ2n) is 9.15. The average Bonchev–Trinajstić information content (AvgIpc) is 2.91. The van der Waals surface area contributed by atoms with Crippen LogP contribution < -0.4 is 5.32 Å². The van der Waals surface area contributed by atoms with Gasteiger partial charge in [0.1, 0.15) is 0 Å². The van der Waals surface area contributed by atoms with E-state index < -0.39 is 0 Å². The molecule has 4 aromatic carbocycles. The van der Waals surface area contributed by atoms with Crippen LogP contribution in [0.25, 0.3) is 21.5 Å². The average molecular weight is 468 g/mol. The fraction of sp³-hybridized carbons (Fsp3) is 0.300. The van der Waals surface area contributed by atoms with Crippen LogP contribution in [0.2, 0.25) is 0 Å². The molecule has 1 fully saturated rings. The molecule has 0 saturated carbocycles. The minimum Gasteiger partial charge on any atom is -0.379 e. The molecular weight excluding hydrogens is 434 g/mol. The Morgan fingerprint density at radius 3 is 2.17 bits per heavy atom. The van der Waals surface area contributed by atoms with Crippen LogP contribution >= 0.6 is 0 Å². The van der Waals surface area contributed by atoms with Gasteiger partial charge < -0.3 is 15.0 Å². The highest BCUT2D eigenvalue weighted by Crippen LogP contribution is 2.29. The lowest BCUT2D eigenvalue weighted by Gasteiger charge is -2.30. The van der Waals surface area contributed by atoms with Gasteiger partial charge in [-0.3, -0.25) is 4.90 Å². The highest BCUT2D eigenvalue weighted by molar-refractivity contribution is 6.02. The molecule has 0 unspecified atom stereocenters. The first kappa shape index (κ1) is 23.3. The molecule has 0 radical (unpaired) electrons. The predicted octanol–water partition coefficient (Wildman–Crippen LogP) is 5.92. The smallest absolute Gasteiger partial charge is 0.322 e. The Labute approximate surface area is 207 Å². The monoisotopic (exact) mass is 467 g/mol. The van der Waals surface area contributed by atoms with E-state index in [2.05, 4.69) is 83.9 Å².